The molecule has 0 atom stereocenters. The fourth-order valence-electron chi connectivity index (χ4n) is 2.98. The normalized spacial score (nSPS) is 11.3. The van der Waals surface area contributed by atoms with E-state index in [1.807, 2.05) is 24.3 Å². The quantitative estimate of drug-likeness (QED) is 0.442. The van der Waals surface area contributed by atoms with Crippen molar-refractivity contribution in [3.05, 3.63) is 76.8 Å². The van der Waals surface area contributed by atoms with Crippen LogP contribution in [0.3, 0.4) is 0 Å². The zero-order chi connectivity index (χ0) is 21.0. The molecule has 150 valence electrons. The molecule has 0 unspecified atom stereocenters. The number of hydrogen-bond donors (Lipinski definition) is 1. The van der Waals surface area contributed by atoms with Crippen LogP contribution in [0.1, 0.15) is 12.8 Å². The Morgan fingerprint density at radius 3 is 2.41 bits per heavy atom. The van der Waals surface area contributed by atoms with Crippen molar-refractivity contribution in [1.82, 2.24) is 0 Å². The zero-order valence-electron chi connectivity index (χ0n) is 15.3. The van der Waals surface area contributed by atoms with E-state index in [1.54, 1.807) is 18.2 Å². The fraction of sp³-hybridized carbons (Fsp3) is 0.150. The van der Waals surface area contributed by atoms with Gasteiger partial charge in [-0.2, -0.15) is 0 Å². The van der Waals surface area contributed by atoms with Crippen LogP contribution in [-0.2, 0) is 14.8 Å². The molecule has 0 heterocycles. The van der Waals surface area contributed by atoms with Gasteiger partial charge in [-0.05, 0) is 35.4 Å². The molecule has 0 bridgehead atoms. The predicted molar refractivity (Wildman–Crippen MR) is 108 cm³/mol. The summed E-state index contributed by atoms with van der Waals surface area (Å²) in [6.07, 6.45) is -0.106. The maximum Gasteiger partial charge on any atom is 0.303 e. The van der Waals surface area contributed by atoms with Crippen LogP contribution in [-0.4, -0.2) is 31.0 Å². The molecule has 0 saturated carbocycles. The molecule has 9 heteroatoms. The zero-order valence-corrected chi connectivity index (χ0v) is 16.1. The summed E-state index contributed by atoms with van der Waals surface area (Å²) < 4.78 is 27.6. The van der Waals surface area contributed by atoms with Crippen LogP contribution in [0, 0.1) is 10.1 Å². The van der Waals surface area contributed by atoms with Gasteiger partial charge in [-0.25, -0.2) is 8.42 Å². The van der Waals surface area contributed by atoms with E-state index >= 15 is 0 Å². The summed E-state index contributed by atoms with van der Waals surface area (Å²) >= 11 is 0. The number of carboxylic acid groups (broad SMARTS) is 1. The standard InChI is InChI=1S/C20H18N2O6S/c23-20(24)9-4-12-21(17-11-10-15-5-1-2-6-16(15)13-17)29(27,28)19-8-3-7-18(14-19)22(25)26/h1-3,5-8,10-11,13-14H,4,9,12H2,(H,23,24). The lowest BCUT2D eigenvalue weighted by molar-refractivity contribution is -0.385. The monoisotopic (exact) mass is 414 g/mol. The molecule has 0 radical (unpaired) electrons. The summed E-state index contributed by atoms with van der Waals surface area (Å²) in [5, 5.41) is 21.7. The molecular weight excluding hydrogens is 396 g/mol. The Bertz CT molecular complexity index is 1180. The molecule has 0 saturated heterocycles. The summed E-state index contributed by atoms with van der Waals surface area (Å²) in [7, 11) is -4.14. The van der Waals surface area contributed by atoms with E-state index in [0.717, 1.165) is 21.1 Å². The molecule has 1 N–H and O–H groups in total. The molecule has 0 aliphatic heterocycles. The number of aliphatic carboxylic acids is 1. The van der Waals surface area contributed by atoms with E-state index in [-0.39, 0.29) is 30.0 Å². The minimum absolute atomic E-state index is 0.0737. The number of carboxylic acids is 1. The molecular formula is C20H18N2O6S. The molecule has 0 spiro atoms. The van der Waals surface area contributed by atoms with Gasteiger partial charge in [0, 0.05) is 25.1 Å². The number of nitrogens with zero attached hydrogens (tertiary/aromatic N) is 2. The molecule has 3 aromatic rings. The van der Waals surface area contributed by atoms with Crippen LogP contribution in [0.2, 0.25) is 0 Å². The number of anilines is 1. The lowest BCUT2D eigenvalue weighted by atomic mass is 10.1. The largest absolute Gasteiger partial charge is 0.481 e. The van der Waals surface area contributed by atoms with Crippen molar-refractivity contribution >= 4 is 38.1 Å². The molecule has 0 aliphatic rings. The van der Waals surface area contributed by atoms with Crippen LogP contribution in [0.15, 0.2) is 71.6 Å². The van der Waals surface area contributed by atoms with E-state index in [1.165, 1.54) is 18.2 Å². The highest BCUT2D eigenvalue weighted by atomic mass is 32.2. The SMILES string of the molecule is O=C(O)CCCN(c1ccc2ccccc2c1)S(=O)(=O)c1cccc([N+](=O)[O-])c1. The molecule has 0 aromatic heterocycles. The number of fused-ring (bicyclic) bond motifs is 1. The Labute approximate surface area is 167 Å². The molecule has 29 heavy (non-hydrogen) atoms. The Balaban J connectivity index is 2.06. The average molecular weight is 414 g/mol. The first kappa shape index (κ1) is 20.3. The van der Waals surface area contributed by atoms with Crippen molar-refractivity contribution < 1.29 is 23.2 Å². The van der Waals surface area contributed by atoms with Gasteiger partial charge in [0.2, 0.25) is 0 Å². The van der Waals surface area contributed by atoms with E-state index in [9.17, 15) is 23.3 Å². The first-order chi connectivity index (χ1) is 13.8. The highest BCUT2D eigenvalue weighted by Crippen LogP contribution is 2.29. The van der Waals surface area contributed by atoms with Gasteiger partial charge in [-0.3, -0.25) is 19.2 Å². The summed E-state index contributed by atoms with van der Waals surface area (Å²) in [6.45, 7) is -0.0737. The van der Waals surface area contributed by atoms with Crippen molar-refractivity contribution in [2.45, 2.75) is 17.7 Å². The van der Waals surface area contributed by atoms with Crippen LogP contribution < -0.4 is 4.31 Å². The predicted octanol–water partition coefficient (Wildman–Crippen LogP) is 3.81. The van der Waals surface area contributed by atoms with E-state index in [4.69, 9.17) is 5.11 Å². The van der Waals surface area contributed by atoms with Gasteiger partial charge >= 0.3 is 5.97 Å². The molecule has 3 rings (SSSR count). The first-order valence-electron chi connectivity index (χ1n) is 8.77. The lowest BCUT2D eigenvalue weighted by Crippen LogP contribution is -2.32. The number of benzene rings is 3. The van der Waals surface area contributed by atoms with Crippen molar-refractivity contribution in [2.75, 3.05) is 10.8 Å². The molecule has 0 amide bonds. The van der Waals surface area contributed by atoms with Gasteiger partial charge in [0.05, 0.1) is 15.5 Å². The minimum atomic E-state index is -4.14. The lowest BCUT2D eigenvalue weighted by Gasteiger charge is -2.24. The number of nitro groups is 1. The average Bonchev–Trinajstić information content (AvgIpc) is 2.70. The highest BCUT2D eigenvalue weighted by molar-refractivity contribution is 7.92. The summed E-state index contributed by atoms with van der Waals surface area (Å²) in [5.74, 6) is -1.03. The van der Waals surface area contributed by atoms with Crippen molar-refractivity contribution in [2.24, 2.45) is 0 Å². The van der Waals surface area contributed by atoms with E-state index < -0.39 is 20.9 Å². The second kappa shape index (κ2) is 8.27. The molecule has 0 aliphatic carbocycles. The van der Waals surface area contributed by atoms with Crippen molar-refractivity contribution in [1.29, 1.82) is 0 Å². The Morgan fingerprint density at radius 1 is 1.00 bits per heavy atom. The Kier molecular flexibility index (Phi) is 5.79. The third-order valence-corrected chi connectivity index (χ3v) is 6.21. The second-order valence-corrected chi connectivity index (χ2v) is 8.22. The van der Waals surface area contributed by atoms with Crippen LogP contribution >= 0.6 is 0 Å². The second-order valence-electron chi connectivity index (χ2n) is 6.36. The number of nitro benzene ring substituents is 1. The number of non-ortho nitro benzene ring substituents is 1. The molecule has 8 nitrogen and oxygen atoms in total. The fourth-order valence-corrected chi connectivity index (χ4v) is 4.51. The van der Waals surface area contributed by atoms with Crippen LogP contribution in [0.5, 0.6) is 0 Å². The van der Waals surface area contributed by atoms with Gasteiger partial charge in [0.25, 0.3) is 15.7 Å². The van der Waals surface area contributed by atoms with E-state index in [2.05, 4.69) is 0 Å². The topological polar surface area (TPSA) is 118 Å². The highest BCUT2D eigenvalue weighted by Gasteiger charge is 2.26. The van der Waals surface area contributed by atoms with Gasteiger partial charge in [-0.1, -0.05) is 36.4 Å². The minimum Gasteiger partial charge on any atom is -0.481 e. The van der Waals surface area contributed by atoms with Crippen molar-refractivity contribution in [3.8, 4) is 0 Å². The van der Waals surface area contributed by atoms with Crippen LogP contribution in [0.4, 0.5) is 11.4 Å². The number of rotatable bonds is 8. The summed E-state index contributed by atoms with van der Waals surface area (Å²) in [5.41, 5.74) is 0.0238. The van der Waals surface area contributed by atoms with E-state index in [0.29, 0.717) is 5.69 Å². The molecule has 0 fully saturated rings. The summed E-state index contributed by atoms with van der Waals surface area (Å²) in [4.78, 5) is 21.0. The maximum atomic E-state index is 13.3. The number of hydrogen-bond acceptors (Lipinski definition) is 5. The smallest absolute Gasteiger partial charge is 0.303 e. The number of carbonyl (C=O) groups is 1. The number of sulfonamides is 1. The third-order valence-electron chi connectivity index (χ3n) is 4.39. The molecule has 3 aromatic carbocycles. The summed E-state index contributed by atoms with van der Waals surface area (Å²) in [6, 6.07) is 17.3. The van der Waals surface area contributed by atoms with Gasteiger partial charge in [0.15, 0.2) is 0 Å². The van der Waals surface area contributed by atoms with Crippen molar-refractivity contribution in [3.63, 3.8) is 0 Å². The van der Waals surface area contributed by atoms with Gasteiger partial charge < -0.3 is 5.11 Å². The maximum absolute atomic E-state index is 13.3. The van der Waals surface area contributed by atoms with Gasteiger partial charge in [-0.15, -0.1) is 0 Å². The first-order valence-corrected chi connectivity index (χ1v) is 10.2. The Hall–Kier alpha value is -3.46. The third kappa shape index (κ3) is 4.52. The van der Waals surface area contributed by atoms with Crippen LogP contribution in [0.25, 0.3) is 10.8 Å². The van der Waals surface area contributed by atoms with Gasteiger partial charge in [0.1, 0.15) is 0 Å². The Morgan fingerprint density at radius 2 is 1.72 bits per heavy atom.